The molecule has 0 spiro atoms. The Hall–Kier alpha value is -2.51. The predicted molar refractivity (Wildman–Crippen MR) is 127 cm³/mol. The highest BCUT2D eigenvalue weighted by atomic mass is 32.2. The Balaban J connectivity index is 1.82. The lowest BCUT2D eigenvalue weighted by Gasteiger charge is -2.14. The van der Waals surface area contributed by atoms with Crippen molar-refractivity contribution in [3.05, 3.63) is 52.9 Å². The van der Waals surface area contributed by atoms with Crippen LogP contribution in [0.2, 0.25) is 0 Å². The van der Waals surface area contributed by atoms with Gasteiger partial charge in [-0.05, 0) is 61.4 Å². The Morgan fingerprint density at radius 1 is 1.07 bits per heavy atom. The third-order valence-corrected chi connectivity index (χ3v) is 5.75. The second kappa shape index (κ2) is 10.5. The standard InChI is InChI=1S/C23H25NO4S2/c1-4-6-13-28-19-12-7-16(14-20(19)27-5-2)15-21-22(25)24(23(29)30-21)17-8-10-18(26-3)11-9-17/h7-12,14-15H,4-6,13H2,1-3H3/b21-15+. The van der Waals surface area contributed by atoms with E-state index in [0.717, 1.165) is 29.8 Å². The highest BCUT2D eigenvalue weighted by molar-refractivity contribution is 8.27. The van der Waals surface area contributed by atoms with Gasteiger partial charge in [0.25, 0.3) is 5.91 Å². The van der Waals surface area contributed by atoms with Crippen LogP contribution in [0.5, 0.6) is 17.2 Å². The summed E-state index contributed by atoms with van der Waals surface area (Å²) >= 11 is 6.74. The Kier molecular flexibility index (Phi) is 7.76. The number of benzene rings is 2. The molecule has 1 fully saturated rings. The van der Waals surface area contributed by atoms with E-state index in [1.807, 2.05) is 55.5 Å². The minimum atomic E-state index is -0.142. The lowest BCUT2D eigenvalue weighted by atomic mass is 10.1. The number of thioether (sulfide) groups is 1. The van der Waals surface area contributed by atoms with Gasteiger partial charge in [0.15, 0.2) is 15.8 Å². The van der Waals surface area contributed by atoms with Crippen LogP contribution in [0.4, 0.5) is 5.69 Å². The number of hydrogen-bond donors (Lipinski definition) is 0. The van der Waals surface area contributed by atoms with E-state index in [4.69, 9.17) is 26.4 Å². The number of carbonyl (C=O) groups is 1. The van der Waals surface area contributed by atoms with Gasteiger partial charge in [-0.25, -0.2) is 0 Å². The second-order valence-electron chi connectivity index (χ2n) is 6.56. The van der Waals surface area contributed by atoms with E-state index in [-0.39, 0.29) is 5.91 Å². The molecule has 2 aromatic rings. The summed E-state index contributed by atoms with van der Waals surface area (Å²) < 4.78 is 17.3. The van der Waals surface area contributed by atoms with Gasteiger partial charge in [0.1, 0.15) is 5.75 Å². The number of nitrogens with zero attached hydrogens (tertiary/aromatic N) is 1. The number of carbonyl (C=O) groups excluding carboxylic acids is 1. The molecule has 158 valence electrons. The first-order valence-corrected chi connectivity index (χ1v) is 11.1. The van der Waals surface area contributed by atoms with E-state index in [0.29, 0.717) is 33.9 Å². The highest BCUT2D eigenvalue weighted by Gasteiger charge is 2.33. The summed E-state index contributed by atoms with van der Waals surface area (Å²) in [4.78, 5) is 15.1. The minimum Gasteiger partial charge on any atom is -0.497 e. The third-order valence-electron chi connectivity index (χ3n) is 4.45. The van der Waals surface area contributed by atoms with Crippen LogP contribution in [0, 0.1) is 0 Å². The second-order valence-corrected chi connectivity index (χ2v) is 8.23. The SMILES string of the molecule is CCCCOc1ccc(/C=C2/SC(=S)N(c3ccc(OC)cc3)C2=O)cc1OCC. The van der Waals surface area contributed by atoms with Crippen LogP contribution in [-0.2, 0) is 4.79 Å². The number of methoxy groups -OCH3 is 1. The Morgan fingerprint density at radius 2 is 1.83 bits per heavy atom. The molecule has 1 aliphatic rings. The molecule has 0 N–H and O–H groups in total. The minimum absolute atomic E-state index is 0.142. The summed E-state index contributed by atoms with van der Waals surface area (Å²) in [5.41, 5.74) is 1.58. The van der Waals surface area contributed by atoms with Gasteiger partial charge < -0.3 is 14.2 Å². The highest BCUT2D eigenvalue weighted by Crippen LogP contribution is 2.37. The third kappa shape index (κ3) is 5.15. The van der Waals surface area contributed by atoms with Crippen LogP contribution in [0.25, 0.3) is 6.08 Å². The average molecular weight is 444 g/mol. The number of hydrogen-bond acceptors (Lipinski definition) is 6. The van der Waals surface area contributed by atoms with E-state index in [9.17, 15) is 4.79 Å². The van der Waals surface area contributed by atoms with E-state index in [1.54, 1.807) is 7.11 Å². The quantitative estimate of drug-likeness (QED) is 0.282. The molecule has 5 nitrogen and oxygen atoms in total. The van der Waals surface area contributed by atoms with Crippen LogP contribution in [0.15, 0.2) is 47.4 Å². The Bertz CT molecular complexity index is 941. The summed E-state index contributed by atoms with van der Waals surface area (Å²) in [6.45, 7) is 5.24. The van der Waals surface area contributed by atoms with E-state index >= 15 is 0 Å². The van der Waals surface area contributed by atoms with Gasteiger partial charge in [0, 0.05) is 0 Å². The van der Waals surface area contributed by atoms with Crippen molar-refractivity contribution in [2.45, 2.75) is 26.7 Å². The van der Waals surface area contributed by atoms with Gasteiger partial charge in [-0.3, -0.25) is 9.69 Å². The lowest BCUT2D eigenvalue weighted by Crippen LogP contribution is -2.27. The summed E-state index contributed by atoms with van der Waals surface area (Å²) in [5, 5.41) is 0. The molecule has 0 aromatic heterocycles. The van der Waals surface area contributed by atoms with Crippen molar-refractivity contribution >= 4 is 46.0 Å². The normalized spacial score (nSPS) is 15.0. The van der Waals surface area contributed by atoms with Crippen molar-refractivity contribution in [3.63, 3.8) is 0 Å². The van der Waals surface area contributed by atoms with Crippen molar-refractivity contribution in [1.82, 2.24) is 0 Å². The molecule has 0 radical (unpaired) electrons. The van der Waals surface area contributed by atoms with Gasteiger partial charge in [-0.15, -0.1) is 0 Å². The van der Waals surface area contributed by atoms with Gasteiger partial charge >= 0.3 is 0 Å². The van der Waals surface area contributed by atoms with Gasteiger partial charge in [-0.1, -0.05) is 43.4 Å². The van der Waals surface area contributed by atoms with Crippen molar-refractivity contribution < 1.29 is 19.0 Å². The molecule has 2 aromatic carbocycles. The first kappa shape index (κ1) is 22.2. The zero-order valence-corrected chi connectivity index (χ0v) is 19.0. The van der Waals surface area contributed by atoms with Crippen molar-refractivity contribution in [2.75, 3.05) is 25.2 Å². The van der Waals surface area contributed by atoms with Crippen LogP contribution in [0.1, 0.15) is 32.3 Å². The van der Waals surface area contributed by atoms with E-state index in [1.165, 1.54) is 16.7 Å². The molecule has 1 saturated heterocycles. The van der Waals surface area contributed by atoms with Gasteiger partial charge in [0.2, 0.25) is 0 Å². The largest absolute Gasteiger partial charge is 0.497 e. The fourth-order valence-electron chi connectivity index (χ4n) is 2.90. The maximum absolute atomic E-state index is 13.0. The van der Waals surface area contributed by atoms with Crippen molar-refractivity contribution in [1.29, 1.82) is 0 Å². The van der Waals surface area contributed by atoms with Gasteiger partial charge in [0.05, 0.1) is 30.9 Å². The molecule has 30 heavy (non-hydrogen) atoms. The molecule has 0 aliphatic carbocycles. The zero-order chi connectivity index (χ0) is 21.5. The fraction of sp³-hybridized carbons (Fsp3) is 0.304. The van der Waals surface area contributed by atoms with Crippen molar-refractivity contribution in [3.8, 4) is 17.2 Å². The zero-order valence-electron chi connectivity index (χ0n) is 17.3. The summed E-state index contributed by atoms with van der Waals surface area (Å²) in [5.74, 6) is 1.97. The molecule has 0 bridgehead atoms. The molecule has 0 saturated carbocycles. The average Bonchev–Trinajstić information content (AvgIpc) is 3.03. The molecule has 3 rings (SSSR count). The van der Waals surface area contributed by atoms with Crippen LogP contribution >= 0.6 is 24.0 Å². The molecular weight excluding hydrogens is 418 g/mol. The first-order valence-electron chi connectivity index (χ1n) is 9.89. The monoisotopic (exact) mass is 443 g/mol. The molecule has 0 unspecified atom stereocenters. The molecule has 1 amide bonds. The Labute approximate surface area is 187 Å². The molecule has 1 heterocycles. The molecular formula is C23H25NO4S2. The number of ether oxygens (including phenoxy) is 3. The maximum atomic E-state index is 13.0. The first-order chi connectivity index (χ1) is 14.6. The predicted octanol–water partition coefficient (Wildman–Crippen LogP) is 5.68. The lowest BCUT2D eigenvalue weighted by molar-refractivity contribution is -0.113. The van der Waals surface area contributed by atoms with Crippen LogP contribution in [0.3, 0.4) is 0 Å². The molecule has 7 heteroatoms. The summed E-state index contributed by atoms with van der Waals surface area (Å²) in [6, 6.07) is 13.0. The topological polar surface area (TPSA) is 48.0 Å². The number of unbranched alkanes of at least 4 members (excludes halogenated alkanes) is 1. The number of amides is 1. The molecule has 0 atom stereocenters. The maximum Gasteiger partial charge on any atom is 0.270 e. The number of anilines is 1. The number of thiocarbonyl (C=S) groups is 1. The van der Waals surface area contributed by atoms with E-state index in [2.05, 4.69) is 6.92 Å². The summed E-state index contributed by atoms with van der Waals surface area (Å²) in [7, 11) is 1.61. The fourth-order valence-corrected chi connectivity index (χ4v) is 4.20. The van der Waals surface area contributed by atoms with Crippen LogP contribution in [-0.4, -0.2) is 30.6 Å². The van der Waals surface area contributed by atoms with Gasteiger partial charge in [-0.2, -0.15) is 0 Å². The smallest absolute Gasteiger partial charge is 0.270 e. The van der Waals surface area contributed by atoms with E-state index < -0.39 is 0 Å². The Morgan fingerprint density at radius 3 is 2.50 bits per heavy atom. The van der Waals surface area contributed by atoms with Crippen LogP contribution < -0.4 is 19.1 Å². The number of rotatable bonds is 9. The molecule has 1 aliphatic heterocycles. The van der Waals surface area contributed by atoms with Crippen molar-refractivity contribution in [2.24, 2.45) is 0 Å². The summed E-state index contributed by atoms with van der Waals surface area (Å²) in [6.07, 6.45) is 3.89.